The Morgan fingerprint density at radius 1 is 1.38 bits per heavy atom. The molecule has 0 amide bonds. The second-order valence-corrected chi connectivity index (χ2v) is 2.20. The first-order valence-electron chi connectivity index (χ1n) is 3.83. The van der Waals surface area contributed by atoms with Crippen molar-refractivity contribution in [2.45, 2.75) is 12.8 Å². The van der Waals surface area contributed by atoms with Gasteiger partial charge in [0.25, 0.3) is 0 Å². The van der Waals surface area contributed by atoms with Crippen LogP contribution in [0.2, 0.25) is 0 Å². The number of hydrogen-bond acceptors (Lipinski definition) is 7. The van der Waals surface area contributed by atoms with Crippen molar-refractivity contribution in [3.8, 4) is 0 Å². The van der Waals surface area contributed by atoms with Gasteiger partial charge in [0.15, 0.2) is 0 Å². The Morgan fingerprint density at radius 2 is 2.08 bits per heavy atom. The maximum absolute atomic E-state index is 10.8. The van der Waals surface area contributed by atoms with Crippen LogP contribution in [-0.4, -0.2) is 41.5 Å². The standard InChI is InChI=1S/C6H14N2O5/c7-3-5-12-6(9)2-1-4-13-8(10)11/h10-11H,1-5,7H2. The molecule has 0 spiro atoms. The molecule has 0 saturated heterocycles. The van der Waals surface area contributed by atoms with Gasteiger partial charge in [-0.25, -0.2) is 0 Å². The van der Waals surface area contributed by atoms with Crippen molar-refractivity contribution in [1.29, 1.82) is 0 Å². The lowest BCUT2D eigenvalue weighted by Gasteiger charge is -2.05. The molecule has 7 nitrogen and oxygen atoms in total. The zero-order valence-electron chi connectivity index (χ0n) is 7.18. The summed E-state index contributed by atoms with van der Waals surface area (Å²) in [4.78, 5) is 15.0. The van der Waals surface area contributed by atoms with E-state index in [4.69, 9.17) is 16.1 Å². The van der Waals surface area contributed by atoms with Crippen LogP contribution in [0.1, 0.15) is 12.8 Å². The van der Waals surface area contributed by atoms with Gasteiger partial charge in [-0.3, -0.25) is 20.0 Å². The first-order valence-corrected chi connectivity index (χ1v) is 3.83. The topological polar surface area (TPSA) is 105 Å². The summed E-state index contributed by atoms with van der Waals surface area (Å²) in [6.45, 7) is 0.528. The van der Waals surface area contributed by atoms with E-state index >= 15 is 0 Å². The summed E-state index contributed by atoms with van der Waals surface area (Å²) in [5.74, 6) is -0.378. The smallest absolute Gasteiger partial charge is 0.305 e. The van der Waals surface area contributed by atoms with Crippen molar-refractivity contribution in [3.63, 3.8) is 0 Å². The normalized spacial score (nSPS) is 10.5. The minimum Gasteiger partial charge on any atom is -0.464 e. The molecule has 4 N–H and O–H groups in total. The molecule has 0 saturated carbocycles. The highest BCUT2D eigenvalue weighted by molar-refractivity contribution is 5.69. The summed E-state index contributed by atoms with van der Waals surface area (Å²) in [7, 11) is 0. The van der Waals surface area contributed by atoms with E-state index in [0.29, 0.717) is 13.0 Å². The van der Waals surface area contributed by atoms with Gasteiger partial charge in [-0.05, 0) is 6.42 Å². The molecule has 7 heteroatoms. The molecule has 0 atom stereocenters. The zero-order valence-corrected chi connectivity index (χ0v) is 7.18. The summed E-state index contributed by atoms with van der Waals surface area (Å²) >= 11 is 0. The minimum atomic E-state index is -0.398. The molecule has 78 valence electrons. The average molecular weight is 194 g/mol. The second kappa shape index (κ2) is 7.90. The Morgan fingerprint density at radius 3 is 2.62 bits per heavy atom. The Labute approximate surface area is 75.5 Å². The summed E-state index contributed by atoms with van der Waals surface area (Å²) in [6.07, 6.45) is 0.509. The largest absolute Gasteiger partial charge is 0.464 e. The number of carbonyl (C=O) groups excluding carboxylic acids is 1. The van der Waals surface area contributed by atoms with Gasteiger partial charge in [-0.15, -0.1) is 0 Å². The van der Waals surface area contributed by atoms with E-state index < -0.39 is 5.39 Å². The Hall–Kier alpha value is -0.730. The van der Waals surface area contributed by atoms with E-state index in [1.54, 1.807) is 0 Å². The second-order valence-electron chi connectivity index (χ2n) is 2.20. The molecule has 0 radical (unpaired) electrons. The predicted molar refractivity (Wildman–Crippen MR) is 40.6 cm³/mol. The van der Waals surface area contributed by atoms with Crippen LogP contribution in [0, 0.1) is 0 Å². The molecule has 0 bridgehead atoms. The minimum absolute atomic E-state index is 0.0325. The van der Waals surface area contributed by atoms with Gasteiger partial charge >= 0.3 is 5.97 Å². The third-order valence-electron chi connectivity index (χ3n) is 1.11. The molecule has 0 aliphatic heterocycles. The van der Waals surface area contributed by atoms with E-state index in [-0.39, 0.29) is 25.6 Å². The van der Waals surface area contributed by atoms with Gasteiger partial charge < -0.3 is 10.5 Å². The highest BCUT2D eigenvalue weighted by Crippen LogP contribution is 1.93. The van der Waals surface area contributed by atoms with Crippen LogP contribution in [0.5, 0.6) is 0 Å². The summed E-state index contributed by atoms with van der Waals surface area (Å²) in [6, 6.07) is 0. The zero-order chi connectivity index (χ0) is 10.1. The van der Waals surface area contributed by atoms with Crippen molar-refractivity contribution in [1.82, 2.24) is 5.39 Å². The highest BCUT2D eigenvalue weighted by Gasteiger charge is 2.02. The fraction of sp³-hybridized carbons (Fsp3) is 0.833. The van der Waals surface area contributed by atoms with Crippen LogP contribution >= 0.6 is 0 Å². The SMILES string of the molecule is NCCOC(=O)CCCON(O)O. The Balaban J connectivity index is 3.17. The molecule has 0 aromatic carbocycles. The van der Waals surface area contributed by atoms with E-state index in [0.717, 1.165) is 0 Å². The maximum Gasteiger partial charge on any atom is 0.305 e. The van der Waals surface area contributed by atoms with Gasteiger partial charge in [0.2, 0.25) is 0 Å². The first kappa shape index (κ1) is 12.3. The molecule has 0 aliphatic carbocycles. The predicted octanol–water partition coefficient (Wildman–Crippen LogP) is -0.719. The number of ether oxygens (including phenoxy) is 1. The van der Waals surface area contributed by atoms with Crippen molar-refractivity contribution >= 4 is 5.97 Å². The first-order chi connectivity index (χ1) is 6.16. The molecule has 0 unspecified atom stereocenters. The van der Waals surface area contributed by atoms with Crippen molar-refractivity contribution < 1.29 is 24.8 Å². The van der Waals surface area contributed by atoms with E-state index in [9.17, 15) is 4.79 Å². The molecule has 13 heavy (non-hydrogen) atoms. The van der Waals surface area contributed by atoms with Gasteiger partial charge in [0, 0.05) is 13.0 Å². The van der Waals surface area contributed by atoms with E-state index in [1.807, 2.05) is 0 Å². The van der Waals surface area contributed by atoms with Gasteiger partial charge in [-0.1, -0.05) is 0 Å². The number of rotatable bonds is 7. The van der Waals surface area contributed by atoms with E-state index in [2.05, 4.69) is 9.57 Å². The molecule has 0 aliphatic rings. The van der Waals surface area contributed by atoms with Crippen molar-refractivity contribution in [3.05, 3.63) is 0 Å². The lowest BCUT2D eigenvalue weighted by atomic mass is 10.3. The number of esters is 1. The summed E-state index contributed by atoms with van der Waals surface area (Å²) in [5, 5.41) is 15.8. The number of nitrogens with two attached hydrogens (primary N) is 1. The average Bonchev–Trinajstić information content (AvgIpc) is 2.08. The molecule has 0 rings (SSSR count). The van der Waals surface area contributed by atoms with Gasteiger partial charge in [0.05, 0.1) is 12.0 Å². The summed E-state index contributed by atoms with van der Waals surface area (Å²) < 4.78 is 4.64. The number of nitrogens with zero attached hydrogens (tertiary/aromatic N) is 1. The summed E-state index contributed by atoms with van der Waals surface area (Å²) in [5.41, 5.74) is 5.10. The van der Waals surface area contributed by atoms with Crippen LogP contribution in [0.3, 0.4) is 0 Å². The molecular weight excluding hydrogens is 180 g/mol. The molecule has 0 aromatic rings. The molecular formula is C6H14N2O5. The monoisotopic (exact) mass is 194 g/mol. The number of hydrogen-bond donors (Lipinski definition) is 3. The lowest BCUT2D eigenvalue weighted by Crippen LogP contribution is -2.17. The van der Waals surface area contributed by atoms with E-state index in [1.165, 1.54) is 0 Å². The molecule has 0 aromatic heterocycles. The van der Waals surface area contributed by atoms with Crippen LogP contribution in [0.15, 0.2) is 0 Å². The Bertz CT molecular complexity index is 141. The third kappa shape index (κ3) is 9.18. The lowest BCUT2D eigenvalue weighted by molar-refractivity contribution is -0.492. The van der Waals surface area contributed by atoms with Crippen LogP contribution in [-0.2, 0) is 14.4 Å². The number of carbonyl (C=O) groups is 1. The Kier molecular flexibility index (Phi) is 7.45. The molecule has 0 heterocycles. The van der Waals surface area contributed by atoms with Crippen LogP contribution in [0.4, 0.5) is 0 Å². The highest BCUT2D eigenvalue weighted by atomic mass is 17.1. The van der Waals surface area contributed by atoms with Gasteiger partial charge in [0.1, 0.15) is 6.61 Å². The van der Waals surface area contributed by atoms with Crippen LogP contribution in [0.25, 0.3) is 0 Å². The quantitative estimate of drug-likeness (QED) is 0.279. The maximum atomic E-state index is 10.8. The fourth-order valence-electron chi connectivity index (χ4n) is 0.608. The van der Waals surface area contributed by atoms with Crippen molar-refractivity contribution in [2.24, 2.45) is 5.73 Å². The fourth-order valence-corrected chi connectivity index (χ4v) is 0.608. The van der Waals surface area contributed by atoms with Crippen molar-refractivity contribution in [2.75, 3.05) is 19.8 Å². The molecule has 0 fully saturated rings. The van der Waals surface area contributed by atoms with Crippen LogP contribution < -0.4 is 5.73 Å². The third-order valence-corrected chi connectivity index (χ3v) is 1.11. The van der Waals surface area contributed by atoms with Gasteiger partial charge in [-0.2, -0.15) is 0 Å².